The second-order valence-corrected chi connectivity index (χ2v) is 4.20. The number of benzene rings is 1. The molecule has 100 valence electrons. The van der Waals surface area contributed by atoms with Gasteiger partial charge in [-0.3, -0.25) is 4.79 Å². The number of aliphatic hydroxyl groups is 1. The average Bonchev–Trinajstić information content (AvgIpc) is 2.36. The van der Waals surface area contributed by atoms with Crippen LogP contribution < -0.4 is 11.1 Å². The van der Waals surface area contributed by atoms with Gasteiger partial charge in [0.2, 0.25) is 5.91 Å². The number of amides is 1. The lowest BCUT2D eigenvalue weighted by Crippen LogP contribution is -2.40. The molecule has 1 rings (SSSR count). The van der Waals surface area contributed by atoms with Gasteiger partial charge in [-0.2, -0.15) is 0 Å². The fourth-order valence-corrected chi connectivity index (χ4v) is 1.59. The molecule has 1 unspecified atom stereocenters. The molecule has 0 saturated heterocycles. The maximum absolute atomic E-state index is 13.4. The van der Waals surface area contributed by atoms with Crippen molar-refractivity contribution in [2.75, 3.05) is 0 Å². The zero-order valence-corrected chi connectivity index (χ0v) is 10.4. The molecule has 0 aromatic heterocycles. The molecule has 0 aliphatic carbocycles. The summed E-state index contributed by atoms with van der Waals surface area (Å²) >= 11 is 0. The third kappa shape index (κ3) is 4.09. The van der Waals surface area contributed by atoms with E-state index >= 15 is 0 Å². The van der Waals surface area contributed by atoms with Crippen LogP contribution in [0.2, 0.25) is 0 Å². The Morgan fingerprint density at radius 1 is 1.56 bits per heavy atom. The van der Waals surface area contributed by atoms with Gasteiger partial charge >= 0.3 is 0 Å². The van der Waals surface area contributed by atoms with Crippen LogP contribution in [-0.4, -0.2) is 17.1 Å². The third-order valence-electron chi connectivity index (χ3n) is 2.69. The first-order chi connectivity index (χ1) is 8.58. The van der Waals surface area contributed by atoms with E-state index in [0.29, 0.717) is 12.0 Å². The van der Waals surface area contributed by atoms with Crippen LogP contribution in [0.5, 0.6) is 0 Å². The van der Waals surface area contributed by atoms with E-state index in [0.717, 1.165) is 6.42 Å². The highest BCUT2D eigenvalue weighted by atomic mass is 19.1. The molecule has 0 fully saturated rings. The Labute approximate surface area is 106 Å². The van der Waals surface area contributed by atoms with Gasteiger partial charge in [-0.05, 0) is 18.1 Å². The van der Waals surface area contributed by atoms with E-state index in [1.54, 1.807) is 6.07 Å². The zero-order chi connectivity index (χ0) is 13.5. The number of nitrogens with one attached hydrogen (secondary N) is 1. The van der Waals surface area contributed by atoms with Crippen LogP contribution in [0.4, 0.5) is 4.39 Å². The number of hydrogen-bond donors (Lipinski definition) is 3. The maximum atomic E-state index is 13.4. The second kappa shape index (κ2) is 7.08. The Morgan fingerprint density at radius 3 is 2.83 bits per heavy atom. The summed E-state index contributed by atoms with van der Waals surface area (Å²) in [5.41, 5.74) is 6.53. The Kier molecular flexibility index (Phi) is 5.74. The van der Waals surface area contributed by atoms with E-state index in [1.807, 2.05) is 6.92 Å². The molecule has 1 atom stereocenters. The quantitative estimate of drug-likeness (QED) is 0.710. The summed E-state index contributed by atoms with van der Waals surface area (Å²) in [7, 11) is 0. The largest absolute Gasteiger partial charge is 0.392 e. The van der Waals surface area contributed by atoms with E-state index in [4.69, 9.17) is 10.8 Å². The summed E-state index contributed by atoms with van der Waals surface area (Å²) in [5.74, 6) is -0.703. The molecule has 4 nitrogen and oxygen atoms in total. The molecule has 0 saturated carbocycles. The number of hydrogen-bond acceptors (Lipinski definition) is 3. The Hall–Kier alpha value is -1.46. The summed E-state index contributed by atoms with van der Waals surface area (Å²) in [6, 6.07) is 3.96. The van der Waals surface area contributed by atoms with Crippen LogP contribution >= 0.6 is 0 Å². The Balaban J connectivity index is 2.53. The van der Waals surface area contributed by atoms with Crippen molar-refractivity contribution in [1.82, 2.24) is 5.32 Å². The van der Waals surface area contributed by atoms with Crippen LogP contribution in [0, 0.1) is 5.82 Å². The molecule has 0 bridgehead atoms. The smallest absolute Gasteiger partial charge is 0.237 e. The Bertz CT molecular complexity index is 410. The number of aliphatic hydroxyl groups excluding tert-OH is 1. The van der Waals surface area contributed by atoms with Crippen LogP contribution in [0.15, 0.2) is 18.2 Å². The molecule has 5 heteroatoms. The van der Waals surface area contributed by atoms with Gasteiger partial charge in [0.1, 0.15) is 5.82 Å². The summed E-state index contributed by atoms with van der Waals surface area (Å²) < 4.78 is 13.4. The maximum Gasteiger partial charge on any atom is 0.237 e. The average molecular weight is 254 g/mol. The summed E-state index contributed by atoms with van der Waals surface area (Å²) in [5, 5.41) is 11.5. The fourth-order valence-electron chi connectivity index (χ4n) is 1.59. The molecule has 0 aliphatic rings. The molecule has 18 heavy (non-hydrogen) atoms. The molecule has 1 aromatic carbocycles. The lowest BCUT2D eigenvalue weighted by atomic mass is 10.1. The van der Waals surface area contributed by atoms with Gasteiger partial charge in [0.15, 0.2) is 0 Å². The normalized spacial score (nSPS) is 12.2. The van der Waals surface area contributed by atoms with Gasteiger partial charge in [-0.15, -0.1) is 0 Å². The van der Waals surface area contributed by atoms with Crippen molar-refractivity contribution < 1.29 is 14.3 Å². The number of halogens is 1. The fraction of sp³-hybridized carbons (Fsp3) is 0.462. The highest BCUT2D eigenvalue weighted by molar-refractivity contribution is 5.81. The lowest BCUT2D eigenvalue weighted by Gasteiger charge is -2.11. The summed E-state index contributed by atoms with van der Waals surface area (Å²) in [4.78, 5) is 11.5. The highest BCUT2D eigenvalue weighted by Crippen LogP contribution is 2.10. The first kappa shape index (κ1) is 14.6. The summed E-state index contributed by atoms with van der Waals surface area (Å²) in [6.45, 7) is 1.86. The highest BCUT2D eigenvalue weighted by Gasteiger charge is 2.11. The first-order valence-electron chi connectivity index (χ1n) is 6.00. The number of nitrogens with two attached hydrogens (primary N) is 1. The number of rotatable bonds is 6. The number of carbonyl (C=O) groups is 1. The standard InChI is InChI=1S/C13H19FN2O2/c1-2-3-12(15)13(18)16-7-9-4-5-10(8-17)11(14)6-9/h4-6,12,17H,2-3,7-8,15H2,1H3,(H,16,18). The van der Waals surface area contributed by atoms with Gasteiger partial charge in [0.25, 0.3) is 0 Å². The predicted molar refractivity (Wildman–Crippen MR) is 67.1 cm³/mol. The van der Waals surface area contributed by atoms with Crippen molar-refractivity contribution in [2.24, 2.45) is 5.73 Å². The van der Waals surface area contributed by atoms with Gasteiger partial charge in [0.05, 0.1) is 12.6 Å². The topological polar surface area (TPSA) is 75.4 Å². The minimum absolute atomic E-state index is 0.233. The molecule has 4 N–H and O–H groups in total. The second-order valence-electron chi connectivity index (χ2n) is 4.20. The van der Waals surface area contributed by atoms with Crippen molar-refractivity contribution in [2.45, 2.75) is 39.0 Å². The molecular formula is C13H19FN2O2. The van der Waals surface area contributed by atoms with Crippen LogP contribution in [-0.2, 0) is 17.9 Å². The molecule has 0 heterocycles. The summed E-state index contributed by atoms with van der Waals surface area (Å²) in [6.07, 6.45) is 1.47. The molecule has 0 spiro atoms. The predicted octanol–water partition coefficient (Wildman–Crippen LogP) is 1.06. The molecule has 1 aromatic rings. The van der Waals surface area contributed by atoms with Crippen molar-refractivity contribution in [3.05, 3.63) is 35.1 Å². The first-order valence-corrected chi connectivity index (χ1v) is 6.00. The van der Waals surface area contributed by atoms with Gasteiger partial charge < -0.3 is 16.2 Å². The van der Waals surface area contributed by atoms with Crippen molar-refractivity contribution >= 4 is 5.91 Å². The van der Waals surface area contributed by atoms with Crippen LogP contribution in [0.1, 0.15) is 30.9 Å². The van der Waals surface area contributed by atoms with E-state index in [9.17, 15) is 9.18 Å². The van der Waals surface area contributed by atoms with Crippen LogP contribution in [0.25, 0.3) is 0 Å². The zero-order valence-electron chi connectivity index (χ0n) is 10.4. The molecule has 0 radical (unpaired) electrons. The van der Waals surface area contributed by atoms with E-state index in [-0.39, 0.29) is 24.6 Å². The monoisotopic (exact) mass is 254 g/mol. The minimum Gasteiger partial charge on any atom is -0.392 e. The van der Waals surface area contributed by atoms with Crippen molar-refractivity contribution in [1.29, 1.82) is 0 Å². The van der Waals surface area contributed by atoms with E-state index < -0.39 is 11.9 Å². The number of carbonyl (C=O) groups excluding carboxylic acids is 1. The van der Waals surface area contributed by atoms with Gasteiger partial charge in [-0.25, -0.2) is 4.39 Å². The van der Waals surface area contributed by atoms with Gasteiger partial charge in [-0.1, -0.05) is 25.5 Å². The lowest BCUT2D eigenvalue weighted by molar-refractivity contribution is -0.122. The molecule has 1 amide bonds. The van der Waals surface area contributed by atoms with Gasteiger partial charge in [0, 0.05) is 12.1 Å². The van der Waals surface area contributed by atoms with Crippen molar-refractivity contribution in [3.63, 3.8) is 0 Å². The minimum atomic E-state index is -0.517. The Morgan fingerprint density at radius 2 is 2.28 bits per heavy atom. The van der Waals surface area contributed by atoms with E-state index in [1.165, 1.54) is 12.1 Å². The third-order valence-corrected chi connectivity index (χ3v) is 2.69. The van der Waals surface area contributed by atoms with E-state index in [2.05, 4.69) is 5.32 Å². The van der Waals surface area contributed by atoms with Crippen LogP contribution in [0.3, 0.4) is 0 Å². The van der Waals surface area contributed by atoms with Crippen molar-refractivity contribution in [3.8, 4) is 0 Å². The molecule has 0 aliphatic heterocycles. The molecular weight excluding hydrogens is 235 g/mol. The SMILES string of the molecule is CCCC(N)C(=O)NCc1ccc(CO)c(F)c1.